The van der Waals surface area contributed by atoms with Crippen molar-refractivity contribution in [3.05, 3.63) is 0 Å². The molecule has 0 radical (unpaired) electrons. The fraction of sp³-hybridized carbons (Fsp3) is 0.929. The zero-order valence-corrected chi connectivity index (χ0v) is 11.5. The maximum absolute atomic E-state index is 11.2. The monoisotopic (exact) mass is 254 g/mol. The molecule has 17 heavy (non-hydrogen) atoms. The highest BCUT2D eigenvalue weighted by Gasteiger charge is 2.56. The molecule has 3 saturated carbocycles. The van der Waals surface area contributed by atoms with Crippen LogP contribution in [0, 0.1) is 23.7 Å². The Kier molecular flexibility index (Phi) is 3.24. The molecule has 0 amide bonds. The molecule has 3 aliphatic carbocycles. The highest BCUT2D eigenvalue weighted by molar-refractivity contribution is 8.14. The quantitative estimate of drug-likeness (QED) is 0.774. The number of hydrogen-bond acceptors (Lipinski definition) is 3. The molecule has 3 fully saturated rings. The second-order valence-corrected chi connectivity index (χ2v) is 7.40. The number of ether oxygens (including phenoxy) is 1. The molecule has 0 heterocycles. The minimum atomic E-state index is 0.295. The van der Waals surface area contributed by atoms with Crippen molar-refractivity contribution in [1.82, 2.24) is 0 Å². The van der Waals surface area contributed by atoms with Crippen LogP contribution in [-0.4, -0.2) is 23.1 Å². The first-order valence-electron chi connectivity index (χ1n) is 6.97. The lowest BCUT2D eigenvalue weighted by molar-refractivity contribution is -0.109. The van der Waals surface area contributed by atoms with Crippen molar-refractivity contribution in [1.29, 1.82) is 0 Å². The van der Waals surface area contributed by atoms with Crippen LogP contribution in [0.2, 0.25) is 0 Å². The molecule has 6 unspecified atom stereocenters. The Hall–Kier alpha value is -0.0200. The molecular weight excluding hydrogens is 232 g/mol. The van der Waals surface area contributed by atoms with Crippen LogP contribution in [0.4, 0.5) is 0 Å². The van der Waals surface area contributed by atoms with E-state index in [1.54, 1.807) is 18.7 Å². The van der Waals surface area contributed by atoms with Crippen LogP contribution < -0.4 is 0 Å². The molecule has 0 saturated heterocycles. The minimum Gasteiger partial charge on any atom is -0.378 e. The van der Waals surface area contributed by atoms with Gasteiger partial charge >= 0.3 is 0 Å². The predicted molar refractivity (Wildman–Crippen MR) is 69.9 cm³/mol. The van der Waals surface area contributed by atoms with Gasteiger partial charge in [0, 0.05) is 18.8 Å². The zero-order valence-electron chi connectivity index (χ0n) is 10.7. The zero-order chi connectivity index (χ0) is 12.0. The summed E-state index contributed by atoms with van der Waals surface area (Å²) in [5.41, 5.74) is 0. The Morgan fingerprint density at radius 2 is 1.94 bits per heavy atom. The van der Waals surface area contributed by atoms with Crippen molar-refractivity contribution in [2.75, 3.05) is 6.61 Å². The third kappa shape index (κ3) is 2.06. The Morgan fingerprint density at radius 3 is 2.65 bits per heavy atom. The van der Waals surface area contributed by atoms with Crippen LogP contribution in [-0.2, 0) is 9.53 Å². The molecule has 6 atom stereocenters. The number of carbonyl (C=O) groups excluding carboxylic acids is 1. The summed E-state index contributed by atoms with van der Waals surface area (Å²) in [6.07, 6.45) is 5.77. The fourth-order valence-corrected chi connectivity index (χ4v) is 5.80. The average Bonchev–Trinajstić information content (AvgIpc) is 2.86. The van der Waals surface area contributed by atoms with Crippen LogP contribution in [0.1, 0.15) is 39.5 Å². The van der Waals surface area contributed by atoms with E-state index in [2.05, 4.69) is 6.92 Å². The van der Waals surface area contributed by atoms with Gasteiger partial charge in [-0.05, 0) is 56.3 Å². The van der Waals surface area contributed by atoms with Crippen LogP contribution in [0.15, 0.2) is 0 Å². The molecule has 0 spiro atoms. The van der Waals surface area contributed by atoms with E-state index in [1.807, 2.05) is 0 Å². The van der Waals surface area contributed by atoms with E-state index in [0.717, 1.165) is 30.3 Å². The second kappa shape index (κ2) is 4.58. The highest BCUT2D eigenvalue weighted by atomic mass is 32.2. The summed E-state index contributed by atoms with van der Waals surface area (Å²) in [7, 11) is 0. The van der Waals surface area contributed by atoms with Crippen molar-refractivity contribution in [3.8, 4) is 0 Å². The number of fused-ring (bicyclic) bond motifs is 5. The first-order valence-corrected chi connectivity index (χ1v) is 7.85. The molecule has 0 aromatic carbocycles. The van der Waals surface area contributed by atoms with E-state index in [1.165, 1.54) is 25.7 Å². The lowest BCUT2D eigenvalue weighted by atomic mass is 9.80. The molecule has 0 aromatic heterocycles. The fourth-order valence-electron chi connectivity index (χ4n) is 4.69. The van der Waals surface area contributed by atoms with Gasteiger partial charge in [-0.25, -0.2) is 0 Å². The molecule has 3 aliphatic rings. The third-order valence-corrected chi connectivity index (χ3v) is 6.13. The SMILES string of the molecule is CCOC1CC2CC1C1CC(SC(C)=O)CC21. The summed E-state index contributed by atoms with van der Waals surface area (Å²) in [6.45, 7) is 4.67. The highest BCUT2D eigenvalue weighted by Crippen LogP contribution is 2.60. The number of rotatable bonds is 3. The van der Waals surface area contributed by atoms with E-state index in [0.29, 0.717) is 16.5 Å². The minimum absolute atomic E-state index is 0.295. The first kappa shape index (κ1) is 12.0. The van der Waals surface area contributed by atoms with E-state index in [-0.39, 0.29) is 0 Å². The molecule has 0 aromatic rings. The van der Waals surface area contributed by atoms with Crippen LogP contribution in [0.25, 0.3) is 0 Å². The van der Waals surface area contributed by atoms with Gasteiger partial charge < -0.3 is 4.74 Å². The molecule has 96 valence electrons. The number of hydrogen-bond donors (Lipinski definition) is 0. The standard InChI is InChI=1S/C14H22O2S/c1-3-16-14-5-9-4-13(14)12-7-10(6-11(9)12)17-8(2)15/h9-14H,3-7H2,1-2H3. The average molecular weight is 254 g/mol. The van der Waals surface area contributed by atoms with E-state index in [4.69, 9.17) is 4.74 Å². The largest absolute Gasteiger partial charge is 0.378 e. The molecular formula is C14H22O2S. The lowest BCUT2D eigenvalue weighted by Gasteiger charge is -2.31. The van der Waals surface area contributed by atoms with Gasteiger partial charge in [-0.15, -0.1) is 0 Å². The Bertz CT molecular complexity index is 317. The van der Waals surface area contributed by atoms with Crippen LogP contribution >= 0.6 is 11.8 Å². The van der Waals surface area contributed by atoms with E-state index < -0.39 is 0 Å². The van der Waals surface area contributed by atoms with E-state index in [9.17, 15) is 4.79 Å². The van der Waals surface area contributed by atoms with Gasteiger partial charge in [0.15, 0.2) is 5.12 Å². The lowest BCUT2D eigenvalue weighted by Crippen LogP contribution is -2.30. The van der Waals surface area contributed by atoms with Gasteiger partial charge in [-0.1, -0.05) is 11.8 Å². The number of thioether (sulfide) groups is 1. The maximum atomic E-state index is 11.2. The van der Waals surface area contributed by atoms with Crippen LogP contribution in [0.3, 0.4) is 0 Å². The summed E-state index contributed by atoms with van der Waals surface area (Å²) >= 11 is 1.59. The summed E-state index contributed by atoms with van der Waals surface area (Å²) in [5, 5.41) is 0.900. The van der Waals surface area contributed by atoms with Crippen molar-refractivity contribution in [2.45, 2.75) is 50.9 Å². The Labute approximate surface area is 108 Å². The first-order chi connectivity index (χ1) is 8.19. The van der Waals surface area contributed by atoms with E-state index >= 15 is 0 Å². The molecule has 0 N–H and O–H groups in total. The molecule has 0 aliphatic heterocycles. The van der Waals surface area contributed by atoms with Crippen molar-refractivity contribution < 1.29 is 9.53 Å². The predicted octanol–water partition coefficient (Wildman–Crippen LogP) is 3.11. The van der Waals surface area contributed by atoms with Crippen molar-refractivity contribution >= 4 is 16.9 Å². The molecule has 3 rings (SSSR count). The topological polar surface area (TPSA) is 26.3 Å². The second-order valence-electron chi connectivity index (χ2n) is 5.92. The van der Waals surface area contributed by atoms with Crippen molar-refractivity contribution in [3.63, 3.8) is 0 Å². The normalized spacial score (nSPS) is 47.4. The molecule has 2 bridgehead atoms. The summed E-state index contributed by atoms with van der Waals surface area (Å²) in [4.78, 5) is 11.2. The van der Waals surface area contributed by atoms with Crippen molar-refractivity contribution in [2.24, 2.45) is 23.7 Å². The number of carbonyl (C=O) groups is 1. The van der Waals surface area contributed by atoms with Gasteiger partial charge in [0.2, 0.25) is 0 Å². The smallest absolute Gasteiger partial charge is 0.186 e. The van der Waals surface area contributed by atoms with Gasteiger partial charge in [-0.3, -0.25) is 4.79 Å². The Balaban J connectivity index is 1.64. The summed E-state index contributed by atoms with van der Waals surface area (Å²) in [5.74, 6) is 3.48. The Morgan fingerprint density at radius 1 is 1.18 bits per heavy atom. The summed E-state index contributed by atoms with van der Waals surface area (Å²) < 4.78 is 5.89. The molecule has 2 nitrogen and oxygen atoms in total. The van der Waals surface area contributed by atoms with Crippen LogP contribution in [0.5, 0.6) is 0 Å². The van der Waals surface area contributed by atoms with Gasteiger partial charge in [0.25, 0.3) is 0 Å². The molecule has 3 heteroatoms. The summed E-state index contributed by atoms with van der Waals surface area (Å²) in [6, 6.07) is 0. The van der Waals surface area contributed by atoms with Gasteiger partial charge in [0.1, 0.15) is 0 Å². The van der Waals surface area contributed by atoms with Gasteiger partial charge in [-0.2, -0.15) is 0 Å². The maximum Gasteiger partial charge on any atom is 0.186 e. The van der Waals surface area contributed by atoms with Gasteiger partial charge in [0.05, 0.1) is 6.10 Å². The third-order valence-electron chi connectivity index (χ3n) is 5.08.